The molecule has 0 aliphatic heterocycles. The summed E-state index contributed by atoms with van der Waals surface area (Å²) >= 11 is 0. The van der Waals surface area contributed by atoms with Gasteiger partial charge in [0, 0.05) is 0 Å². The summed E-state index contributed by atoms with van der Waals surface area (Å²) in [4.78, 5) is 0. The first-order chi connectivity index (χ1) is 13.1. The molecule has 3 rings (SSSR count). The topological polar surface area (TPSA) is 86.7 Å². The largest absolute Gasteiger partial charge is 0.394 e. The van der Waals surface area contributed by atoms with Crippen molar-refractivity contribution in [1.82, 2.24) is 0 Å². The van der Waals surface area contributed by atoms with Crippen molar-refractivity contribution in [2.24, 2.45) is 5.73 Å². The Morgan fingerprint density at radius 2 is 0.815 bits per heavy atom. The number of rotatable bonds is 6. The van der Waals surface area contributed by atoms with E-state index in [2.05, 4.69) is 91.0 Å². The monoisotopic (exact) mass is 383 g/mol. The van der Waals surface area contributed by atoms with Gasteiger partial charge in [0.2, 0.25) is 0 Å². The van der Waals surface area contributed by atoms with Gasteiger partial charge < -0.3 is 21.1 Å². The highest BCUT2D eigenvalue weighted by atomic mass is 31.1. The summed E-state index contributed by atoms with van der Waals surface area (Å²) in [5.41, 5.74) is 3.94. The molecule has 0 aliphatic carbocycles. The molecule has 0 atom stereocenters. The second kappa shape index (κ2) is 10.9. The molecule has 142 valence electrons. The summed E-state index contributed by atoms with van der Waals surface area (Å²) in [5, 5.41) is 29.2. The van der Waals surface area contributed by atoms with Crippen molar-refractivity contribution >= 4 is 23.8 Å². The normalized spacial score (nSPS) is 11.0. The zero-order valence-corrected chi connectivity index (χ0v) is 16.0. The summed E-state index contributed by atoms with van der Waals surface area (Å²) in [7, 11) is -0.446. The van der Waals surface area contributed by atoms with Crippen molar-refractivity contribution < 1.29 is 15.3 Å². The maximum atomic E-state index is 8.34. The van der Waals surface area contributed by atoms with Gasteiger partial charge >= 0.3 is 0 Å². The molecule has 3 aromatic rings. The third kappa shape index (κ3) is 6.24. The number of aliphatic hydroxyl groups is 3. The lowest BCUT2D eigenvalue weighted by Gasteiger charge is -2.20. The maximum absolute atomic E-state index is 8.34. The molecule has 0 unspecified atom stereocenters. The van der Waals surface area contributed by atoms with Crippen LogP contribution in [0.3, 0.4) is 0 Å². The molecule has 0 bridgehead atoms. The Balaban J connectivity index is 0.000000279. The molecule has 0 aliphatic rings. The minimum atomic E-state index is -1.21. The smallest absolute Gasteiger partial charge is 0.0856 e. The lowest BCUT2D eigenvalue weighted by atomic mass is 10.1. The molecule has 0 radical (unpaired) electrons. The van der Waals surface area contributed by atoms with Crippen molar-refractivity contribution in [3.8, 4) is 0 Å². The van der Waals surface area contributed by atoms with Gasteiger partial charge in [0.05, 0.1) is 25.4 Å². The Bertz CT molecular complexity index is 663. The number of benzene rings is 3. The van der Waals surface area contributed by atoms with Gasteiger partial charge in [-0.05, 0) is 23.8 Å². The van der Waals surface area contributed by atoms with E-state index < -0.39 is 33.3 Å². The fourth-order valence-electron chi connectivity index (χ4n) is 2.33. The van der Waals surface area contributed by atoms with Gasteiger partial charge in [-0.25, -0.2) is 0 Å². The Morgan fingerprint density at radius 3 is 1.00 bits per heavy atom. The van der Waals surface area contributed by atoms with Crippen LogP contribution in [-0.4, -0.2) is 40.7 Å². The van der Waals surface area contributed by atoms with Crippen molar-refractivity contribution in [2.75, 3.05) is 19.8 Å². The number of aliphatic hydroxyl groups excluding tert-OH is 3. The molecule has 0 aromatic heterocycles. The van der Waals surface area contributed by atoms with E-state index in [0.29, 0.717) is 0 Å². The van der Waals surface area contributed by atoms with Gasteiger partial charge in [0.25, 0.3) is 0 Å². The van der Waals surface area contributed by atoms with E-state index >= 15 is 0 Å². The van der Waals surface area contributed by atoms with Crippen molar-refractivity contribution in [3.63, 3.8) is 0 Å². The number of nitrogens with two attached hydrogens (primary N) is 1. The summed E-state index contributed by atoms with van der Waals surface area (Å²) in [6.07, 6.45) is 0. The zero-order valence-electron chi connectivity index (χ0n) is 15.1. The molecular weight excluding hydrogens is 357 g/mol. The fourth-order valence-corrected chi connectivity index (χ4v) is 4.63. The molecule has 0 saturated heterocycles. The second-order valence-corrected chi connectivity index (χ2v) is 8.40. The average Bonchev–Trinajstić information content (AvgIpc) is 2.76. The van der Waals surface area contributed by atoms with Crippen LogP contribution in [0.25, 0.3) is 0 Å². The summed E-state index contributed by atoms with van der Waals surface area (Å²) in [5.74, 6) is 0. The van der Waals surface area contributed by atoms with Crippen molar-refractivity contribution in [3.05, 3.63) is 91.0 Å². The Morgan fingerprint density at radius 1 is 0.556 bits per heavy atom. The van der Waals surface area contributed by atoms with Crippen molar-refractivity contribution in [2.45, 2.75) is 5.54 Å². The highest BCUT2D eigenvalue weighted by Gasteiger charge is 2.20. The first-order valence-electron chi connectivity index (χ1n) is 8.70. The zero-order chi connectivity index (χ0) is 19.5. The highest BCUT2D eigenvalue weighted by Crippen LogP contribution is 2.32. The summed E-state index contributed by atoms with van der Waals surface area (Å²) in [6.45, 7) is -1.21. The average molecular weight is 383 g/mol. The standard InChI is InChI=1S/C18H15P.C4H11NO3/c1-4-10-16(11-5-1)19(17-12-6-2-7-13-17)18-14-8-3-9-15-18;5-4(1-6,2-7)3-8/h1-15H;6-8H,1-3,5H2. The van der Waals surface area contributed by atoms with E-state index in [1.165, 1.54) is 15.9 Å². The van der Waals surface area contributed by atoms with E-state index in [4.69, 9.17) is 21.1 Å². The Kier molecular flexibility index (Phi) is 8.59. The van der Waals surface area contributed by atoms with Gasteiger partial charge in [-0.15, -0.1) is 0 Å². The molecule has 3 aromatic carbocycles. The van der Waals surface area contributed by atoms with Crippen LogP contribution >= 0.6 is 7.92 Å². The van der Waals surface area contributed by atoms with Gasteiger partial charge in [0.1, 0.15) is 0 Å². The van der Waals surface area contributed by atoms with Crippen LogP contribution in [0.4, 0.5) is 0 Å². The number of hydrogen-bond donors (Lipinski definition) is 4. The van der Waals surface area contributed by atoms with Crippen LogP contribution in [-0.2, 0) is 0 Å². The van der Waals surface area contributed by atoms with E-state index in [1.807, 2.05) is 0 Å². The van der Waals surface area contributed by atoms with Crippen LogP contribution in [0, 0.1) is 0 Å². The molecule has 0 spiro atoms. The predicted molar refractivity (Wildman–Crippen MR) is 113 cm³/mol. The SMILES string of the molecule is NC(CO)(CO)CO.c1ccc(P(c2ccccc2)c2ccccc2)cc1. The minimum Gasteiger partial charge on any atom is -0.394 e. The molecular formula is C22H26NO3P. The van der Waals surface area contributed by atoms with Gasteiger partial charge in [-0.1, -0.05) is 91.0 Å². The fraction of sp³-hybridized carbons (Fsp3) is 0.182. The van der Waals surface area contributed by atoms with E-state index in [1.54, 1.807) is 0 Å². The van der Waals surface area contributed by atoms with Gasteiger partial charge in [-0.3, -0.25) is 0 Å². The number of hydrogen-bond acceptors (Lipinski definition) is 4. The summed E-state index contributed by atoms with van der Waals surface area (Å²) < 4.78 is 0. The molecule has 0 saturated carbocycles. The quantitative estimate of drug-likeness (QED) is 0.480. The Hall–Kier alpha value is -2.07. The molecule has 4 nitrogen and oxygen atoms in total. The second-order valence-electron chi connectivity index (χ2n) is 6.18. The first-order valence-corrected chi connectivity index (χ1v) is 10.0. The van der Waals surface area contributed by atoms with Gasteiger partial charge in [0.15, 0.2) is 0 Å². The van der Waals surface area contributed by atoms with E-state index in [-0.39, 0.29) is 0 Å². The molecule has 5 heteroatoms. The molecule has 5 N–H and O–H groups in total. The van der Waals surface area contributed by atoms with Gasteiger partial charge in [-0.2, -0.15) is 0 Å². The van der Waals surface area contributed by atoms with Crippen molar-refractivity contribution in [1.29, 1.82) is 0 Å². The third-order valence-corrected chi connectivity index (χ3v) is 6.43. The molecule has 0 heterocycles. The summed E-state index contributed by atoms with van der Waals surface area (Å²) in [6, 6.07) is 32.3. The first kappa shape index (κ1) is 21.2. The third-order valence-electron chi connectivity index (χ3n) is 3.99. The maximum Gasteiger partial charge on any atom is 0.0856 e. The van der Waals surface area contributed by atoms with Crippen LogP contribution < -0.4 is 21.6 Å². The Labute approximate surface area is 161 Å². The molecule has 0 amide bonds. The minimum absolute atomic E-state index is 0.403. The van der Waals surface area contributed by atoms with Crippen LogP contribution in [0.2, 0.25) is 0 Å². The van der Waals surface area contributed by atoms with Crippen LogP contribution in [0.1, 0.15) is 0 Å². The lowest BCUT2D eigenvalue weighted by Crippen LogP contribution is -2.50. The molecule has 0 fully saturated rings. The molecule has 27 heavy (non-hydrogen) atoms. The van der Waals surface area contributed by atoms with Crippen LogP contribution in [0.5, 0.6) is 0 Å². The lowest BCUT2D eigenvalue weighted by molar-refractivity contribution is 0.0698. The highest BCUT2D eigenvalue weighted by molar-refractivity contribution is 7.79. The van der Waals surface area contributed by atoms with Crippen LogP contribution in [0.15, 0.2) is 91.0 Å². The van der Waals surface area contributed by atoms with E-state index in [9.17, 15) is 0 Å². The van der Waals surface area contributed by atoms with E-state index in [0.717, 1.165) is 0 Å². The predicted octanol–water partition coefficient (Wildman–Crippen LogP) is 1.11.